The molecular weight excluding hydrogens is 388 g/mol. The average molecular weight is 407 g/mol. The van der Waals surface area contributed by atoms with E-state index in [-0.39, 0.29) is 11.6 Å². The Hall–Kier alpha value is -3.30. The number of anilines is 1. The minimum atomic E-state index is -0.0280. The molecule has 1 saturated heterocycles. The molecule has 4 rings (SSSR count). The molecule has 0 bridgehead atoms. The van der Waals surface area contributed by atoms with Crippen molar-refractivity contribution in [1.82, 2.24) is 9.88 Å². The Labute approximate surface area is 173 Å². The van der Waals surface area contributed by atoms with Crippen LogP contribution in [0.15, 0.2) is 52.9 Å². The van der Waals surface area contributed by atoms with Crippen molar-refractivity contribution in [3.05, 3.63) is 70.4 Å². The number of piperazine rings is 1. The highest BCUT2D eigenvalue weighted by Crippen LogP contribution is 2.29. The number of aromatic nitrogens is 1. The summed E-state index contributed by atoms with van der Waals surface area (Å²) in [6.07, 6.45) is 0. The number of carbonyl (C=O) groups excluding carboxylic acids is 1. The summed E-state index contributed by atoms with van der Waals surface area (Å²) in [6, 6.07) is 16.8. The molecule has 0 N–H and O–H groups in total. The van der Waals surface area contributed by atoms with Crippen LogP contribution in [0.3, 0.4) is 0 Å². The number of aryl methyl sites for hydroxylation is 1. The van der Waals surface area contributed by atoms with E-state index in [1.165, 1.54) is 0 Å². The third-order valence-electron chi connectivity index (χ3n) is 4.96. The molecule has 1 aromatic heterocycles. The van der Waals surface area contributed by atoms with Crippen molar-refractivity contribution in [3.63, 3.8) is 0 Å². The highest BCUT2D eigenvalue weighted by atomic mass is 35.5. The molecule has 1 aliphatic rings. The highest BCUT2D eigenvalue weighted by Gasteiger charge is 2.27. The van der Waals surface area contributed by atoms with E-state index in [0.29, 0.717) is 48.5 Å². The molecule has 1 aliphatic heterocycles. The quantitative estimate of drug-likeness (QED) is 0.653. The predicted octanol–water partition coefficient (Wildman–Crippen LogP) is 4.14. The van der Waals surface area contributed by atoms with Crippen molar-refractivity contribution in [2.24, 2.45) is 0 Å². The highest BCUT2D eigenvalue weighted by molar-refractivity contribution is 6.30. The number of oxazole rings is 1. The molecule has 3 aromatic rings. The number of benzene rings is 2. The first-order chi connectivity index (χ1) is 14.0. The van der Waals surface area contributed by atoms with Gasteiger partial charge in [-0.15, -0.1) is 0 Å². The maximum atomic E-state index is 12.7. The number of hydrogen-bond donors (Lipinski definition) is 0. The summed E-state index contributed by atoms with van der Waals surface area (Å²) < 4.78 is 5.94. The van der Waals surface area contributed by atoms with Gasteiger partial charge >= 0.3 is 0 Å². The lowest BCUT2D eigenvalue weighted by Crippen LogP contribution is -2.48. The van der Waals surface area contributed by atoms with Gasteiger partial charge in [0.1, 0.15) is 6.07 Å². The van der Waals surface area contributed by atoms with Crippen LogP contribution < -0.4 is 4.90 Å². The largest absolute Gasteiger partial charge is 0.419 e. The van der Waals surface area contributed by atoms with Gasteiger partial charge in [-0.2, -0.15) is 10.2 Å². The standard InChI is InChI=1S/C22H19ClN4O2/c1-15-2-4-16(5-3-15)20-25-19(14-24)22(29-20)27-12-10-26(11-13-27)21(28)17-6-8-18(23)9-7-17/h2-9H,10-13H2,1H3. The molecule has 0 unspecified atom stereocenters. The van der Waals surface area contributed by atoms with Crippen molar-refractivity contribution < 1.29 is 9.21 Å². The Morgan fingerprint density at radius 3 is 2.34 bits per heavy atom. The maximum Gasteiger partial charge on any atom is 0.253 e. The van der Waals surface area contributed by atoms with Gasteiger partial charge in [0.05, 0.1) is 0 Å². The topological polar surface area (TPSA) is 73.4 Å². The summed E-state index contributed by atoms with van der Waals surface area (Å²) in [4.78, 5) is 20.8. The van der Waals surface area contributed by atoms with Crippen LogP contribution in [0.5, 0.6) is 0 Å². The summed E-state index contributed by atoms with van der Waals surface area (Å²) in [5, 5.41) is 10.1. The fourth-order valence-corrected chi connectivity index (χ4v) is 3.43. The van der Waals surface area contributed by atoms with Crippen LogP contribution in [0, 0.1) is 18.3 Å². The molecular formula is C22H19ClN4O2. The van der Waals surface area contributed by atoms with Crippen molar-refractivity contribution in [2.75, 3.05) is 31.1 Å². The van der Waals surface area contributed by atoms with Crippen LogP contribution >= 0.6 is 11.6 Å². The smallest absolute Gasteiger partial charge is 0.253 e. The Morgan fingerprint density at radius 1 is 1.07 bits per heavy atom. The second-order valence-electron chi connectivity index (χ2n) is 6.94. The maximum absolute atomic E-state index is 12.7. The lowest BCUT2D eigenvalue weighted by molar-refractivity contribution is 0.0745. The lowest BCUT2D eigenvalue weighted by Gasteiger charge is -2.34. The first-order valence-corrected chi connectivity index (χ1v) is 9.70. The molecule has 7 heteroatoms. The zero-order valence-corrected chi connectivity index (χ0v) is 16.7. The zero-order chi connectivity index (χ0) is 20.4. The molecule has 1 fully saturated rings. The van der Waals surface area contributed by atoms with Crippen molar-refractivity contribution in [3.8, 4) is 17.5 Å². The number of halogens is 1. The van der Waals surface area contributed by atoms with Gasteiger partial charge in [-0.05, 0) is 43.3 Å². The first-order valence-electron chi connectivity index (χ1n) is 9.33. The van der Waals surface area contributed by atoms with E-state index < -0.39 is 0 Å². The second-order valence-corrected chi connectivity index (χ2v) is 7.37. The van der Waals surface area contributed by atoms with E-state index >= 15 is 0 Å². The number of hydrogen-bond acceptors (Lipinski definition) is 5. The molecule has 0 aliphatic carbocycles. The summed E-state index contributed by atoms with van der Waals surface area (Å²) in [7, 11) is 0. The molecule has 29 heavy (non-hydrogen) atoms. The number of nitrogens with zero attached hydrogens (tertiary/aromatic N) is 4. The number of rotatable bonds is 3. The van der Waals surface area contributed by atoms with Crippen molar-refractivity contribution >= 4 is 23.4 Å². The molecule has 2 heterocycles. The summed E-state index contributed by atoms with van der Waals surface area (Å²) in [6.45, 7) is 4.21. The van der Waals surface area contributed by atoms with Crippen LogP contribution in [0.25, 0.3) is 11.5 Å². The van der Waals surface area contributed by atoms with Crippen LogP contribution in [-0.2, 0) is 0 Å². The normalized spacial score (nSPS) is 14.0. The molecule has 1 amide bonds. The Balaban J connectivity index is 1.48. The molecule has 0 atom stereocenters. The molecule has 0 saturated carbocycles. The van der Waals surface area contributed by atoms with E-state index in [9.17, 15) is 10.1 Å². The van der Waals surface area contributed by atoms with Gasteiger partial charge in [0, 0.05) is 42.3 Å². The predicted molar refractivity (Wildman–Crippen MR) is 111 cm³/mol. The van der Waals surface area contributed by atoms with E-state index in [1.807, 2.05) is 36.1 Å². The van der Waals surface area contributed by atoms with Gasteiger partial charge in [0.25, 0.3) is 5.91 Å². The minimum absolute atomic E-state index is 0.0280. The summed E-state index contributed by atoms with van der Waals surface area (Å²) in [5.74, 6) is 0.859. The van der Waals surface area contributed by atoms with Gasteiger partial charge < -0.3 is 14.2 Å². The lowest BCUT2D eigenvalue weighted by atomic mass is 10.1. The van der Waals surface area contributed by atoms with Gasteiger partial charge in [-0.25, -0.2) is 0 Å². The third-order valence-corrected chi connectivity index (χ3v) is 5.21. The van der Waals surface area contributed by atoms with Gasteiger partial charge in [0.15, 0.2) is 0 Å². The monoisotopic (exact) mass is 406 g/mol. The summed E-state index contributed by atoms with van der Waals surface area (Å²) >= 11 is 5.90. The van der Waals surface area contributed by atoms with Gasteiger partial charge in [0.2, 0.25) is 17.5 Å². The second kappa shape index (κ2) is 7.98. The fourth-order valence-electron chi connectivity index (χ4n) is 3.31. The van der Waals surface area contributed by atoms with E-state index in [1.54, 1.807) is 29.2 Å². The number of carbonyl (C=O) groups is 1. The third kappa shape index (κ3) is 3.96. The molecule has 0 radical (unpaired) electrons. The molecule has 0 spiro atoms. The Morgan fingerprint density at radius 2 is 1.72 bits per heavy atom. The van der Waals surface area contributed by atoms with Crippen molar-refractivity contribution in [1.29, 1.82) is 5.26 Å². The first kappa shape index (κ1) is 19.0. The van der Waals surface area contributed by atoms with Gasteiger partial charge in [-0.1, -0.05) is 29.3 Å². The van der Waals surface area contributed by atoms with Crippen LogP contribution in [0.4, 0.5) is 5.88 Å². The molecule has 6 nitrogen and oxygen atoms in total. The zero-order valence-electron chi connectivity index (χ0n) is 15.9. The van der Waals surface area contributed by atoms with Crippen LogP contribution in [-0.4, -0.2) is 42.0 Å². The van der Waals surface area contributed by atoms with Crippen LogP contribution in [0.1, 0.15) is 21.6 Å². The van der Waals surface area contributed by atoms with E-state index in [2.05, 4.69) is 11.1 Å². The fraction of sp³-hybridized carbons (Fsp3) is 0.227. The summed E-state index contributed by atoms with van der Waals surface area (Å²) in [5.41, 5.74) is 2.84. The van der Waals surface area contributed by atoms with E-state index in [4.69, 9.17) is 16.0 Å². The van der Waals surface area contributed by atoms with Gasteiger partial charge in [-0.3, -0.25) is 4.79 Å². The average Bonchev–Trinajstić information content (AvgIpc) is 3.19. The number of nitriles is 1. The van der Waals surface area contributed by atoms with Crippen molar-refractivity contribution in [2.45, 2.75) is 6.92 Å². The SMILES string of the molecule is Cc1ccc(-c2nc(C#N)c(N3CCN(C(=O)c4ccc(Cl)cc4)CC3)o2)cc1. The number of amides is 1. The minimum Gasteiger partial charge on any atom is -0.419 e. The Bertz CT molecular complexity index is 1060. The molecule has 2 aromatic carbocycles. The van der Waals surface area contributed by atoms with E-state index in [0.717, 1.165) is 11.1 Å². The Kier molecular flexibility index (Phi) is 5.24. The van der Waals surface area contributed by atoms with Crippen LogP contribution in [0.2, 0.25) is 5.02 Å². The molecule has 146 valence electrons.